The van der Waals surface area contributed by atoms with E-state index in [4.69, 9.17) is 9.47 Å². The molecular weight excluding hydrogens is 242 g/mol. The Morgan fingerprint density at radius 2 is 2.05 bits per heavy atom. The van der Waals surface area contributed by atoms with E-state index in [0.29, 0.717) is 19.8 Å². The largest absolute Gasteiger partial charge is 0.493 e. The van der Waals surface area contributed by atoms with Crippen LogP contribution in [0.25, 0.3) is 0 Å². The number of nitrogens with one attached hydrogen (secondary N) is 1. The van der Waals surface area contributed by atoms with Gasteiger partial charge >= 0.3 is 0 Å². The van der Waals surface area contributed by atoms with Gasteiger partial charge in [0.05, 0.1) is 18.8 Å². The zero-order valence-corrected chi connectivity index (χ0v) is 10.8. The van der Waals surface area contributed by atoms with E-state index in [0.717, 1.165) is 6.42 Å². The maximum absolute atomic E-state index is 12.1. The van der Waals surface area contributed by atoms with E-state index in [1.165, 1.54) is 0 Å². The third-order valence-corrected chi connectivity index (χ3v) is 2.93. The molecule has 0 bridgehead atoms. The van der Waals surface area contributed by atoms with Crippen molar-refractivity contribution in [1.29, 1.82) is 0 Å². The van der Waals surface area contributed by atoms with Gasteiger partial charge in [0.1, 0.15) is 6.10 Å². The highest BCUT2D eigenvalue weighted by Crippen LogP contribution is 2.17. The van der Waals surface area contributed by atoms with Crippen LogP contribution >= 0.6 is 0 Å². The monoisotopic (exact) mass is 261 g/mol. The average Bonchev–Trinajstić information content (AvgIpc) is 2.44. The molecule has 2 aliphatic rings. The molecule has 2 unspecified atom stereocenters. The van der Waals surface area contributed by atoms with Gasteiger partial charge in [0.2, 0.25) is 5.91 Å². The lowest BCUT2D eigenvalue weighted by molar-refractivity contribution is -0.125. The molecule has 19 heavy (non-hydrogen) atoms. The van der Waals surface area contributed by atoms with Crippen LogP contribution in [-0.2, 0) is 14.3 Å². The van der Waals surface area contributed by atoms with E-state index in [1.54, 1.807) is 12.3 Å². The average molecular weight is 261 g/mol. The Labute approximate surface area is 113 Å². The van der Waals surface area contributed by atoms with Gasteiger partial charge in [0.15, 0.2) is 0 Å². The van der Waals surface area contributed by atoms with E-state index in [2.05, 4.69) is 5.32 Å². The van der Waals surface area contributed by atoms with Crippen molar-refractivity contribution in [2.75, 3.05) is 19.8 Å². The smallest absolute Gasteiger partial charge is 0.231 e. The summed E-state index contributed by atoms with van der Waals surface area (Å²) in [5.74, 6) is -0.283. The van der Waals surface area contributed by atoms with Crippen LogP contribution in [0.15, 0.2) is 48.8 Å². The van der Waals surface area contributed by atoms with E-state index >= 15 is 0 Å². The first-order valence-corrected chi connectivity index (χ1v) is 6.55. The molecule has 1 N–H and O–H groups in total. The van der Waals surface area contributed by atoms with Crippen LogP contribution in [0.5, 0.6) is 0 Å². The van der Waals surface area contributed by atoms with Crippen molar-refractivity contribution in [2.45, 2.75) is 12.5 Å². The first-order chi connectivity index (χ1) is 9.38. The second-order valence-electron chi connectivity index (χ2n) is 4.37. The van der Waals surface area contributed by atoms with Crippen LogP contribution in [0, 0.1) is 5.92 Å². The third-order valence-electron chi connectivity index (χ3n) is 2.93. The molecule has 2 rings (SSSR count). The molecule has 2 atom stereocenters. The molecule has 4 nitrogen and oxygen atoms in total. The summed E-state index contributed by atoms with van der Waals surface area (Å²) in [6.07, 6.45) is 15.3. The summed E-state index contributed by atoms with van der Waals surface area (Å²) in [5.41, 5.74) is 0. The normalized spacial score (nSPS) is 28.1. The SMILES string of the molecule is O=C1NCCCOCC=CC=COC2C=CC=CC12. The first-order valence-electron chi connectivity index (χ1n) is 6.55. The number of rotatable bonds is 0. The van der Waals surface area contributed by atoms with Crippen molar-refractivity contribution in [3.05, 3.63) is 48.8 Å². The topological polar surface area (TPSA) is 47.6 Å². The van der Waals surface area contributed by atoms with Gasteiger partial charge in [0, 0.05) is 13.2 Å². The fraction of sp³-hybridized carbons (Fsp3) is 0.400. The van der Waals surface area contributed by atoms with Gasteiger partial charge in [-0.2, -0.15) is 0 Å². The van der Waals surface area contributed by atoms with Gasteiger partial charge in [-0.1, -0.05) is 30.4 Å². The van der Waals surface area contributed by atoms with Crippen LogP contribution in [0.3, 0.4) is 0 Å². The molecule has 1 amide bonds. The van der Waals surface area contributed by atoms with Crippen molar-refractivity contribution < 1.29 is 14.3 Å². The van der Waals surface area contributed by atoms with Gasteiger partial charge in [-0.15, -0.1) is 0 Å². The number of hydrogen-bond donors (Lipinski definition) is 1. The molecule has 0 spiro atoms. The van der Waals surface area contributed by atoms with Crippen LogP contribution in [0.1, 0.15) is 6.42 Å². The number of hydrogen-bond acceptors (Lipinski definition) is 3. The van der Waals surface area contributed by atoms with E-state index < -0.39 is 0 Å². The summed E-state index contributed by atoms with van der Waals surface area (Å²) in [6.45, 7) is 1.85. The fourth-order valence-electron chi connectivity index (χ4n) is 1.92. The minimum absolute atomic E-state index is 0.00778. The van der Waals surface area contributed by atoms with Crippen LogP contribution in [-0.4, -0.2) is 31.8 Å². The summed E-state index contributed by atoms with van der Waals surface area (Å²) in [5, 5.41) is 2.91. The van der Waals surface area contributed by atoms with E-state index in [1.807, 2.05) is 36.5 Å². The quantitative estimate of drug-likeness (QED) is 0.722. The highest BCUT2D eigenvalue weighted by Gasteiger charge is 2.26. The Bertz CT molecular complexity index is 410. The minimum Gasteiger partial charge on any atom is -0.493 e. The highest BCUT2D eigenvalue weighted by atomic mass is 16.5. The van der Waals surface area contributed by atoms with Gasteiger partial charge in [-0.3, -0.25) is 4.79 Å². The van der Waals surface area contributed by atoms with E-state index in [-0.39, 0.29) is 17.9 Å². The lowest BCUT2D eigenvalue weighted by Gasteiger charge is -2.22. The number of carbonyl (C=O) groups is 1. The third kappa shape index (κ3) is 4.41. The van der Waals surface area contributed by atoms with Crippen molar-refractivity contribution in [3.63, 3.8) is 0 Å². The predicted molar refractivity (Wildman–Crippen MR) is 73.4 cm³/mol. The summed E-state index contributed by atoms with van der Waals surface area (Å²) in [7, 11) is 0. The number of carbonyl (C=O) groups excluding carboxylic acids is 1. The summed E-state index contributed by atoms with van der Waals surface area (Å²) < 4.78 is 11.0. The Balaban J connectivity index is 2.02. The molecule has 1 heterocycles. The second kappa shape index (κ2) is 7.59. The molecule has 0 aromatic carbocycles. The van der Waals surface area contributed by atoms with Gasteiger partial charge in [-0.05, 0) is 18.6 Å². The number of allylic oxidation sites excluding steroid dienone is 4. The number of fused-ring (bicyclic) bond motifs is 1. The summed E-state index contributed by atoms with van der Waals surface area (Å²) in [4.78, 5) is 12.1. The molecule has 1 aliphatic carbocycles. The zero-order chi connectivity index (χ0) is 13.3. The first kappa shape index (κ1) is 13.6. The second-order valence-corrected chi connectivity index (χ2v) is 4.37. The Hall–Kier alpha value is -1.81. The molecular formula is C15H19NO3. The molecule has 102 valence electrons. The molecule has 1 aliphatic heterocycles. The molecule has 0 saturated heterocycles. The maximum atomic E-state index is 12.1. The molecule has 0 aromatic heterocycles. The predicted octanol–water partition coefficient (Wildman–Crippen LogP) is 1.72. The number of amides is 1. The Morgan fingerprint density at radius 3 is 3.00 bits per heavy atom. The zero-order valence-electron chi connectivity index (χ0n) is 10.8. The Morgan fingerprint density at radius 1 is 1.16 bits per heavy atom. The van der Waals surface area contributed by atoms with Crippen molar-refractivity contribution in [1.82, 2.24) is 5.32 Å². The number of ether oxygens (including phenoxy) is 2. The fourth-order valence-corrected chi connectivity index (χ4v) is 1.92. The Kier molecular flexibility index (Phi) is 5.44. The highest BCUT2D eigenvalue weighted by molar-refractivity contribution is 5.81. The van der Waals surface area contributed by atoms with Crippen LogP contribution < -0.4 is 5.32 Å². The van der Waals surface area contributed by atoms with Crippen molar-refractivity contribution >= 4 is 5.91 Å². The summed E-state index contributed by atoms with van der Waals surface area (Å²) >= 11 is 0. The molecule has 0 saturated carbocycles. The van der Waals surface area contributed by atoms with E-state index in [9.17, 15) is 4.79 Å². The molecule has 0 aromatic rings. The molecule has 0 fully saturated rings. The minimum atomic E-state index is -0.275. The van der Waals surface area contributed by atoms with Crippen LogP contribution in [0.4, 0.5) is 0 Å². The van der Waals surface area contributed by atoms with Crippen molar-refractivity contribution in [3.8, 4) is 0 Å². The lowest BCUT2D eigenvalue weighted by Crippen LogP contribution is -2.38. The lowest BCUT2D eigenvalue weighted by atomic mass is 9.96. The maximum Gasteiger partial charge on any atom is 0.231 e. The summed E-state index contributed by atoms with van der Waals surface area (Å²) in [6, 6.07) is 0. The van der Waals surface area contributed by atoms with Crippen molar-refractivity contribution in [2.24, 2.45) is 5.92 Å². The van der Waals surface area contributed by atoms with Gasteiger partial charge in [-0.25, -0.2) is 0 Å². The van der Waals surface area contributed by atoms with Gasteiger partial charge in [0.25, 0.3) is 0 Å². The molecule has 0 radical (unpaired) electrons. The van der Waals surface area contributed by atoms with Crippen LogP contribution in [0.2, 0.25) is 0 Å². The standard InChI is InChI=1S/C15H19NO3/c17-15-13-7-2-3-8-14(13)19-12-5-1-4-10-18-11-6-9-16-15/h1-5,7-8,12-14H,6,9-11H2,(H,16,17). The van der Waals surface area contributed by atoms with Gasteiger partial charge < -0.3 is 14.8 Å². The molecule has 4 heteroatoms.